The Morgan fingerprint density at radius 1 is 1.56 bits per heavy atom. The predicted molar refractivity (Wildman–Crippen MR) is 65.1 cm³/mol. The first-order valence-electron chi connectivity index (χ1n) is 6.33. The highest BCUT2D eigenvalue weighted by atomic mass is 16.5. The molecule has 0 bridgehead atoms. The first-order valence-corrected chi connectivity index (χ1v) is 6.33. The summed E-state index contributed by atoms with van der Waals surface area (Å²) in [4.78, 5) is 13.7. The van der Waals surface area contributed by atoms with Crippen LogP contribution in [-0.4, -0.2) is 48.3 Å². The second-order valence-corrected chi connectivity index (χ2v) is 4.38. The van der Waals surface area contributed by atoms with Crippen LogP contribution in [-0.2, 0) is 4.74 Å². The SMILES string of the molecule is NCCCOC1CCN(C(=O)c2ccno2)CC1. The van der Waals surface area contributed by atoms with E-state index >= 15 is 0 Å². The standard InChI is InChI=1S/C12H19N3O3/c13-5-1-9-17-10-3-7-15(8-4-10)12(16)11-2-6-14-18-11/h2,6,10H,1,3-5,7-9,13H2. The number of hydrogen-bond donors (Lipinski definition) is 1. The van der Waals surface area contributed by atoms with E-state index in [0.29, 0.717) is 32.0 Å². The summed E-state index contributed by atoms with van der Waals surface area (Å²) >= 11 is 0. The van der Waals surface area contributed by atoms with E-state index in [1.807, 2.05) is 0 Å². The molecule has 0 radical (unpaired) electrons. The molecule has 1 aromatic rings. The van der Waals surface area contributed by atoms with E-state index in [2.05, 4.69) is 5.16 Å². The fraction of sp³-hybridized carbons (Fsp3) is 0.667. The highest BCUT2D eigenvalue weighted by Gasteiger charge is 2.25. The molecular weight excluding hydrogens is 234 g/mol. The molecule has 0 unspecified atom stereocenters. The number of piperidine rings is 1. The van der Waals surface area contributed by atoms with Crippen molar-refractivity contribution in [2.24, 2.45) is 5.73 Å². The number of likely N-dealkylation sites (tertiary alicyclic amines) is 1. The minimum absolute atomic E-state index is 0.0899. The minimum Gasteiger partial charge on any atom is -0.378 e. The monoisotopic (exact) mass is 253 g/mol. The third-order valence-corrected chi connectivity index (χ3v) is 3.08. The second-order valence-electron chi connectivity index (χ2n) is 4.38. The molecule has 1 fully saturated rings. The number of rotatable bonds is 5. The topological polar surface area (TPSA) is 81.6 Å². The molecule has 6 nitrogen and oxygen atoms in total. The molecule has 1 saturated heterocycles. The average molecular weight is 253 g/mol. The van der Waals surface area contributed by atoms with Crippen molar-refractivity contribution < 1.29 is 14.1 Å². The fourth-order valence-corrected chi connectivity index (χ4v) is 2.04. The van der Waals surface area contributed by atoms with Gasteiger partial charge in [-0.15, -0.1) is 0 Å². The number of hydrogen-bond acceptors (Lipinski definition) is 5. The van der Waals surface area contributed by atoms with Crippen molar-refractivity contribution in [2.45, 2.75) is 25.4 Å². The van der Waals surface area contributed by atoms with Gasteiger partial charge in [-0.25, -0.2) is 0 Å². The maximum atomic E-state index is 12.0. The van der Waals surface area contributed by atoms with Crippen LogP contribution in [0.2, 0.25) is 0 Å². The van der Waals surface area contributed by atoms with Gasteiger partial charge in [-0.1, -0.05) is 5.16 Å². The van der Waals surface area contributed by atoms with Gasteiger partial charge in [-0.3, -0.25) is 4.79 Å². The lowest BCUT2D eigenvalue weighted by atomic mass is 10.1. The molecule has 0 aliphatic carbocycles. The largest absolute Gasteiger partial charge is 0.378 e. The van der Waals surface area contributed by atoms with Crippen LogP contribution in [0.25, 0.3) is 0 Å². The number of amides is 1. The quantitative estimate of drug-likeness (QED) is 0.779. The van der Waals surface area contributed by atoms with Gasteiger partial charge >= 0.3 is 0 Å². The number of aromatic nitrogens is 1. The first kappa shape index (κ1) is 13.0. The lowest BCUT2D eigenvalue weighted by Crippen LogP contribution is -2.40. The van der Waals surface area contributed by atoms with Gasteiger partial charge in [-0.2, -0.15) is 0 Å². The molecule has 18 heavy (non-hydrogen) atoms. The summed E-state index contributed by atoms with van der Waals surface area (Å²) in [5.41, 5.74) is 5.41. The van der Waals surface area contributed by atoms with Crippen LogP contribution in [0.5, 0.6) is 0 Å². The van der Waals surface area contributed by atoms with Gasteiger partial charge in [0.2, 0.25) is 5.76 Å². The van der Waals surface area contributed by atoms with Gasteiger partial charge in [0.25, 0.3) is 5.91 Å². The molecule has 2 rings (SSSR count). The molecule has 0 atom stereocenters. The molecule has 1 aromatic heterocycles. The molecule has 1 amide bonds. The number of nitrogens with zero attached hydrogens (tertiary/aromatic N) is 2. The lowest BCUT2D eigenvalue weighted by molar-refractivity contribution is 0.00743. The number of ether oxygens (including phenoxy) is 1. The van der Waals surface area contributed by atoms with Crippen molar-refractivity contribution in [3.63, 3.8) is 0 Å². The van der Waals surface area contributed by atoms with Crippen LogP contribution in [0.3, 0.4) is 0 Å². The molecule has 0 saturated carbocycles. The Labute approximate surface area is 106 Å². The van der Waals surface area contributed by atoms with Gasteiger partial charge in [0.1, 0.15) is 0 Å². The van der Waals surface area contributed by atoms with E-state index < -0.39 is 0 Å². The number of carbonyl (C=O) groups is 1. The Kier molecular flexibility index (Phi) is 4.72. The van der Waals surface area contributed by atoms with Gasteiger partial charge in [0.15, 0.2) is 0 Å². The second kappa shape index (κ2) is 6.51. The van der Waals surface area contributed by atoms with Crippen LogP contribution in [0.1, 0.15) is 29.8 Å². The van der Waals surface area contributed by atoms with Crippen LogP contribution < -0.4 is 5.73 Å². The number of nitrogens with two attached hydrogens (primary N) is 1. The maximum absolute atomic E-state index is 12.0. The third kappa shape index (κ3) is 3.30. The summed E-state index contributed by atoms with van der Waals surface area (Å²) in [7, 11) is 0. The first-order chi connectivity index (χ1) is 8.81. The maximum Gasteiger partial charge on any atom is 0.292 e. The van der Waals surface area contributed by atoms with E-state index in [1.165, 1.54) is 6.20 Å². The third-order valence-electron chi connectivity index (χ3n) is 3.08. The Hall–Kier alpha value is -1.40. The van der Waals surface area contributed by atoms with Crippen LogP contribution in [0.15, 0.2) is 16.8 Å². The molecule has 2 heterocycles. The smallest absolute Gasteiger partial charge is 0.292 e. The molecule has 1 aliphatic heterocycles. The summed E-state index contributed by atoms with van der Waals surface area (Å²) in [6, 6.07) is 1.59. The van der Waals surface area contributed by atoms with Crippen molar-refractivity contribution >= 4 is 5.91 Å². The normalized spacial score (nSPS) is 17.1. The van der Waals surface area contributed by atoms with Gasteiger partial charge in [-0.05, 0) is 25.8 Å². The van der Waals surface area contributed by atoms with E-state index in [-0.39, 0.29) is 12.0 Å². The lowest BCUT2D eigenvalue weighted by Gasteiger charge is -2.31. The molecular formula is C12H19N3O3. The number of carbonyl (C=O) groups excluding carboxylic acids is 1. The molecule has 2 N–H and O–H groups in total. The van der Waals surface area contributed by atoms with Crippen LogP contribution >= 0.6 is 0 Å². The zero-order chi connectivity index (χ0) is 12.8. The summed E-state index contributed by atoms with van der Waals surface area (Å²) in [6.45, 7) is 2.76. The molecule has 1 aliphatic rings. The molecule has 100 valence electrons. The molecule has 0 spiro atoms. The van der Waals surface area contributed by atoms with Crippen molar-refractivity contribution in [3.05, 3.63) is 18.0 Å². The Bertz CT molecular complexity index is 359. The predicted octanol–water partition coefficient (Wildman–Crippen LogP) is 0.645. The fourth-order valence-electron chi connectivity index (χ4n) is 2.04. The van der Waals surface area contributed by atoms with Gasteiger partial charge in [0, 0.05) is 25.8 Å². The summed E-state index contributed by atoms with van der Waals surface area (Å²) in [5.74, 6) is 0.213. The molecule has 0 aromatic carbocycles. The van der Waals surface area contributed by atoms with Crippen LogP contribution in [0, 0.1) is 0 Å². The average Bonchev–Trinajstić information content (AvgIpc) is 2.93. The highest BCUT2D eigenvalue weighted by molar-refractivity contribution is 5.91. The highest BCUT2D eigenvalue weighted by Crippen LogP contribution is 2.16. The van der Waals surface area contributed by atoms with E-state index in [0.717, 1.165) is 19.3 Å². The van der Waals surface area contributed by atoms with Crippen molar-refractivity contribution in [2.75, 3.05) is 26.2 Å². The van der Waals surface area contributed by atoms with Crippen LogP contribution in [0.4, 0.5) is 0 Å². The Morgan fingerprint density at radius 2 is 2.33 bits per heavy atom. The van der Waals surface area contributed by atoms with Gasteiger partial charge in [0.05, 0.1) is 12.3 Å². The minimum atomic E-state index is -0.0899. The van der Waals surface area contributed by atoms with Crippen molar-refractivity contribution in [3.8, 4) is 0 Å². The zero-order valence-electron chi connectivity index (χ0n) is 10.4. The summed E-state index contributed by atoms with van der Waals surface area (Å²) < 4.78 is 10.6. The van der Waals surface area contributed by atoms with E-state index in [9.17, 15) is 4.79 Å². The Balaban J connectivity index is 1.75. The van der Waals surface area contributed by atoms with Crippen molar-refractivity contribution in [1.82, 2.24) is 10.1 Å². The van der Waals surface area contributed by atoms with Crippen molar-refractivity contribution in [1.29, 1.82) is 0 Å². The summed E-state index contributed by atoms with van der Waals surface area (Å²) in [5, 5.41) is 3.54. The zero-order valence-corrected chi connectivity index (χ0v) is 10.4. The summed E-state index contributed by atoms with van der Waals surface area (Å²) in [6.07, 6.45) is 4.34. The molecule has 6 heteroatoms. The Morgan fingerprint density at radius 3 is 2.94 bits per heavy atom. The van der Waals surface area contributed by atoms with E-state index in [4.69, 9.17) is 15.0 Å². The van der Waals surface area contributed by atoms with Gasteiger partial charge < -0.3 is 19.9 Å². The van der Waals surface area contributed by atoms with E-state index in [1.54, 1.807) is 11.0 Å².